The zero-order valence-electron chi connectivity index (χ0n) is 13.6. The summed E-state index contributed by atoms with van der Waals surface area (Å²) >= 11 is 5.94. The molecule has 2 aromatic heterocycles. The molecule has 1 aromatic carbocycles. The zero-order chi connectivity index (χ0) is 17.8. The van der Waals surface area contributed by atoms with Gasteiger partial charge in [-0.3, -0.25) is 0 Å². The Morgan fingerprint density at radius 2 is 2.20 bits per heavy atom. The van der Waals surface area contributed by atoms with Crippen molar-refractivity contribution < 1.29 is 5.11 Å². The molecule has 0 aliphatic heterocycles. The van der Waals surface area contributed by atoms with Crippen molar-refractivity contribution in [3.63, 3.8) is 0 Å². The lowest BCUT2D eigenvalue weighted by atomic mass is 10.2. The van der Waals surface area contributed by atoms with Gasteiger partial charge in [-0.05, 0) is 24.1 Å². The molecule has 0 spiro atoms. The molecule has 3 aromatic rings. The van der Waals surface area contributed by atoms with Crippen LogP contribution in [0.15, 0.2) is 18.2 Å². The minimum atomic E-state index is -0.128. The molecule has 0 bridgehead atoms. The van der Waals surface area contributed by atoms with E-state index < -0.39 is 0 Å². The predicted octanol–water partition coefficient (Wildman–Crippen LogP) is 1.78. The summed E-state index contributed by atoms with van der Waals surface area (Å²) in [4.78, 5) is 8.76. The highest BCUT2D eigenvalue weighted by molar-refractivity contribution is 6.33. The first-order valence-electron chi connectivity index (χ1n) is 7.84. The van der Waals surface area contributed by atoms with Gasteiger partial charge in [-0.1, -0.05) is 29.8 Å². The number of hydrogen-bond acceptors (Lipinski definition) is 8. The maximum atomic E-state index is 9.34. The van der Waals surface area contributed by atoms with Crippen molar-refractivity contribution in [3.8, 4) is 0 Å². The number of aromatic amines is 1. The second-order valence-electron chi connectivity index (χ2n) is 5.55. The van der Waals surface area contributed by atoms with E-state index in [0.29, 0.717) is 40.2 Å². The number of H-pyrrole nitrogens is 1. The number of hydrogen-bond donors (Lipinski definition) is 5. The van der Waals surface area contributed by atoms with Gasteiger partial charge in [0, 0.05) is 6.54 Å². The van der Waals surface area contributed by atoms with Crippen LogP contribution in [0.3, 0.4) is 0 Å². The van der Waals surface area contributed by atoms with Crippen LogP contribution < -0.4 is 16.4 Å². The average molecular weight is 363 g/mol. The van der Waals surface area contributed by atoms with Crippen LogP contribution in [0.4, 0.5) is 17.5 Å². The van der Waals surface area contributed by atoms with Gasteiger partial charge in [0.05, 0.1) is 23.4 Å². The first kappa shape index (κ1) is 17.2. The molecule has 3 rings (SSSR count). The first-order chi connectivity index (χ1) is 12.1. The lowest BCUT2D eigenvalue weighted by Gasteiger charge is -2.15. The monoisotopic (exact) mass is 362 g/mol. The van der Waals surface area contributed by atoms with Crippen molar-refractivity contribution in [2.75, 3.05) is 23.0 Å². The van der Waals surface area contributed by atoms with Crippen molar-refractivity contribution in [1.82, 2.24) is 25.4 Å². The molecule has 0 aliphatic rings. The van der Waals surface area contributed by atoms with Crippen LogP contribution >= 0.6 is 11.6 Å². The van der Waals surface area contributed by atoms with Crippen LogP contribution in [0.1, 0.15) is 18.9 Å². The van der Waals surface area contributed by atoms with E-state index in [1.807, 2.05) is 13.0 Å². The van der Waals surface area contributed by atoms with E-state index in [0.717, 1.165) is 12.0 Å². The number of aliphatic hydroxyl groups excluding tert-OH is 1. The molecule has 25 heavy (non-hydrogen) atoms. The number of halogens is 1. The van der Waals surface area contributed by atoms with Crippen molar-refractivity contribution in [1.29, 1.82) is 0 Å². The number of benzene rings is 1. The standard InChI is InChI=1S/C15H19ClN8O/c1-2-9(7-25)19-15-20-13(12-14(21-15)23-24-22-12)18-6-8-3-4-10(16)11(17)5-8/h3-5,9,25H,2,6-7,17H2,1H3,(H3,18,19,20,21,22,23,24). The second kappa shape index (κ2) is 7.49. The van der Waals surface area contributed by atoms with Crippen molar-refractivity contribution in [3.05, 3.63) is 28.8 Å². The molecule has 9 nitrogen and oxygen atoms in total. The van der Waals surface area contributed by atoms with Crippen LogP contribution in [0.2, 0.25) is 5.02 Å². The van der Waals surface area contributed by atoms with E-state index in [1.54, 1.807) is 12.1 Å². The molecule has 10 heteroatoms. The quantitative estimate of drug-likeness (QED) is 0.401. The number of nitrogen functional groups attached to an aromatic ring is 1. The lowest BCUT2D eigenvalue weighted by Crippen LogP contribution is -2.24. The van der Waals surface area contributed by atoms with Gasteiger partial charge in [0.2, 0.25) is 5.95 Å². The number of nitrogens with two attached hydrogens (primary N) is 1. The summed E-state index contributed by atoms with van der Waals surface area (Å²) in [7, 11) is 0. The Morgan fingerprint density at radius 1 is 1.36 bits per heavy atom. The van der Waals surface area contributed by atoms with Crippen LogP contribution in [0.5, 0.6) is 0 Å². The van der Waals surface area contributed by atoms with Gasteiger partial charge in [0.1, 0.15) is 0 Å². The number of rotatable bonds is 7. The molecule has 2 heterocycles. The fourth-order valence-corrected chi connectivity index (χ4v) is 2.40. The normalized spacial score (nSPS) is 12.3. The minimum absolute atomic E-state index is 0.00800. The van der Waals surface area contributed by atoms with Crippen LogP contribution in [0.25, 0.3) is 11.2 Å². The molecule has 0 amide bonds. The first-order valence-corrected chi connectivity index (χ1v) is 8.22. The molecule has 0 saturated carbocycles. The molecular weight excluding hydrogens is 344 g/mol. The number of nitrogens with zero attached hydrogens (tertiary/aromatic N) is 4. The van der Waals surface area contributed by atoms with Gasteiger partial charge in [-0.15, -0.1) is 5.10 Å². The highest BCUT2D eigenvalue weighted by atomic mass is 35.5. The second-order valence-corrected chi connectivity index (χ2v) is 5.95. The summed E-state index contributed by atoms with van der Waals surface area (Å²) in [6.45, 7) is 2.44. The van der Waals surface area contributed by atoms with Crippen LogP contribution in [0, 0.1) is 0 Å². The number of fused-ring (bicyclic) bond motifs is 1. The molecular formula is C15H19ClN8O. The van der Waals surface area contributed by atoms with Gasteiger partial charge in [0.15, 0.2) is 17.0 Å². The Hall–Kier alpha value is -2.65. The smallest absolute Gasteiger partial charge is 0.227 e. The SMILES string of the molecule is CCC(CO)Nc1nc(NCc2ccc(Cl)c(N)c2)c2nn[nH]c2n1. The molecule has 0 aliphatic carbocycles. The Kier molecular flexibility index (Phi) is 5.15. The largest absolute Gasteiger partial charge is 0.398 e. The van der Waals surface area contributed by atoms with Crippen LogP contribution in [-0.2, 0) is 6.54 Å². The van der Waals surface area contributed by atoms with Gasteiger partial charge in [-0.25, -0.2) is 5.10 Å². The molecule has 0 fully saturated rings. The van der Waals surface area contributed by atoms with E-state index in [2.05, 4.69) is 36.0 Å². The number of aliphatic hydroxyl groups is 1. The predicted molar refractivity (Wildman–Crippen MR) is 97.5 cm³/mol. The van der Waals surface area contributed by atoms with Crippen LogP contribution in [-0.4, -0.2) is 43.1 Å². The third-order valence-corrected chi connectivity index (χ3v) is 4.10. The van der Waals surface area contributed by atoms with Crippen molar-refractivity contribution in [2.24, 2.45) is 0 Å². The molecule has 1 unspecified atom stereocenters. The van der Waals surface area contributed by atoms with E-state index in [-0.39, 0.29) is 12.6 Å². The van der Waals surface area contributed by atoms with Gasteiger partial charge < -0.3 is 21.5 Å². The molecule has 1 atom stereocenters. The summed E-state index contributed by atoms with van der Waals surface area (Å²) in [6, 6.07) is 5.30. The number of anilines is 3. The maximum Gasteiger partial charge on any atom is 0.227 e. The fraction of sp³-hybridized carbons (Fsp3) is 0.333. The summed E-state index contributed by atoms with van der Waals surface area (Å²) in [5, 5.41) is 26.7. The number of nitrogens with one attached hydrogen (secondary N) is 3. The average Bonchev–Trinajstić information content (AvgIpc) is 3.09. The molecule has 6 N–H and O–H groups in total. The summed E-state index contributed by atoms with van der Waals surface area (Å²) in [5.74, 6) is 0.917. The summed E-state index contributed by atoms with van der Waals surface area (Å²) in [5.41, 5.74) is 8.33. The highest BCUT2D eigenvalue weighted by Gasteiger charge is 2.13. The van der Waals surface area contributed by atoms with Gasteiger partial charge >= 0.3 is 0 Å². The summed E-state index contributed by atoms with van der Waals surface area (Å²) < 4.78 is 0. The van der Waals surface area contributed by atoms with E-state index in [1.165, 1.54) is 0 Å². The third kappa shape index (κ3) is 3.89. The Morgan fingerprint density at radius 3 is 2.92 bits per heavy atom. The molecule has 0 radical (unpaired) electrons. The van der Waals surface area contributed by atoms with Crippen molar-refractivity contribution in [2.45, 2.75) is 25.9 Å². The Balaban J connectivity index is 1.83. The fourth-order valence-electron chi connectivity index (χ4n) is 2.29. The zero-order valence-corrected chi connectivity index (χ0v) is 14.4. The number of aromatic nitrogens is 5. The Bertz CT molecular complexity index is 864. The molecule has 0 saturated heterocycles. The lowest BCUT2D eigenvalue weighted by molar-refractivity contribution is 0.271. The third-order valence-electron chi connectivity index (χ3n) is 3.76. The van der Waals surface area contributed by atoms with E-state index in [9.17, 15) is 5.11 Å². The van der Waals surface area contributed by atoms with Gasteiger partial charge in [0.25, 0.3) is 0 Å². The highest BCUT2D eigenvalue weighted by Crippen LogP contribution is 2.22. The van der Waals surface area contributed by atoms with E-state index >= 15 is 0 Å². The topological polar surface area (TPSA) is 138 Å². The van der Waals surface area contributed by atoms with Gasteiger partial charge in [-0.2, -0.15) is 9.97 Å². The van der Waals surface area contributed by atoms with E-state index in [4.69, 9.17) is 17.3 Å². The Labute approximate surface area is 149 Å². The van der Waals surface area contributed by atoms with Crippen molar-refractivity contribution >= 4 is 40.2 Å². The minimum Gasteiger partial charge on any atom is -0.398 e. The maximum absolute atomic E-state index is 9.34. The molecule has 132 valence electrons. The summed E-state index contributed by atoms with van der Waals surface area (Å²) in [6.07, 6.45) is 0.742.